The Kier molecular flexibility index (Phi) is 4.14. The number of aromatic nitrogens is 2. The van der Waals surface area contributed by atoms with E-state index >= 15 is 0 Å². The van der Waals surface area contributed by atoms with E-state index < -0.39 is 0 Å². The van der Waals surface area contributed by atoms with Crippen molar-refractivity contribution in [2.24, 2.45) is 5.10 Å². The smallest absolute Gasteiger partial charge is 0.248 e. The zero-order valence-corrected chi connectivity index (χ0v) is 12.9. The Bertz CT molecular complexity index is 726. The molecule has 0 unspecified atom stereocenters. The third kappa shape index (κ3) is 3.20. The minimum Gasteiger partial charge on any atom is -0.337 e. The molecule has 0 fully saturated rings. The Labute approximate surface area is 135 Å². The van der Waals surface area contributed by atoms with Crippen LogP contribution in [0.15, 0.2) is 44.0 Å². The van der Waals surface area contributed by atoms with E-state index in [1.807, 2.05) is 18.2 Å². The van der Waals surface area contributed by atoms with E-state index in [9.17, 15) is 0 Å². The molecule has 0 bridgehead atoms. The molecule has 0 aliphatic carbocycles. The average molecular weight is 344 g/mol. The van der Waals surface area contributed by atoms with Crippen LogP contribution in [0.25, 0.3) is 11.4 Å². The van der Waals surface area contributed by atoms with Crippen LogP contribution in [0.2, 0.25) is 5.02 Å². The van der Waals surface area contributed by atoms with Gasteiger partial charge in [0.15, 0.2) is 0 Å². The molecule has 0 N–H and O–H groups in total. The van der Waals surface area contributed by atoms with Gasteiger partial charge in [-0.2, -0.15) is 10.1 Å². The molecule has 5 nitrogen and oxygen atoms in total. The first-order valence-electron chi connectivity index (χ1n) is 6.04. The van der Waals surface area contributed by atoms with E-state index in [-0.39, 0.29) is 0 Å². The Morgan fingerprint density at radius 3 is 2.76 bits per heavy atom. The van der Waals surface area contributed by atoms with Gasteiger partial charge in [0.1, 0.15) is 6.54 Å². The van der Waals surface area contributed by atoms with Crippen molar-refractivity contribution in [1.82, 2.24) is 15.1 Å². The van der Waals surface area contributed by atoms with Crippen LogP contribution in [-0.2, 0) is 6.54 Å². The van der Waals surface area contributed by atoms with Crippen molar-refractivity contribution in [2.45, 2.75) is 6.54 Å². The van der Waals surface area contributed by atoms with E-state index in [0.717, 1.165) is 5.56 Å². The van der Waals surface area contributed by atoms with Crippen molar-refractivity contribution in [3.8, 4) is 11.4 Å². The molecular formula is C13H9Cl3N4O. The van der Waals surface area contributed by atoms with Gasteiger partial charge in [0.25, 0.3) is 0 Å². The Morgan fingerprint density at radius 1 is 1.19 bits per heavy atom. The molecule has 0 atom stereocenters. The van der Waals surface area contributed by atoms with Crippen molar-refractivity contribution in [3.05, 3.63) is 45.2 Å². The monoisotopic (exact) mass is 342 g/mol. The van der Waals surface area contributed by atoms with Gasteiger partial charge in [-0.25, -0.2) is 0 Å². The molecule has 21 heavy (non-hydrogen) atoms. The van der Waals surface area contributed by atoms with Gasteiger partial charge < -0.3 is 4.52 Å². The maximum absolute atomic E-state index is 6.10. The van der Waals surface area contributed by atoms with Gasteiger partial charge in [0.2, 0.25) is 11.7 Å². The Balaban J connectivity index is 1.75. The number of nitrogens with zero attached hydrogens (tertiary/aromatic N) is 4. The maximum atomic E-state index is 6.10. The van der Waals surface area contributed by atoms with Crippen LogP contribution in [0.5, 0.6) is 0 Å². The topological polar surface area (TPSA) is 54.5 Å². The van der Waals surface area contributed by atoms with Crippen LogP contribution >= 0.6 is 34.8 Å². The largest absolute Gasteiger partial charge is 0.337 e. The molecule has 1 aliphatic rings. The van der Waals surface area contributed by atoms with Crippen LogP contribution in [-0.4, -0.2) is 27.9 Å². The van der Waals surface area contributed by atoms with Gasteiger partial charge in [-0.1, -0.05) is 52.1 Å². The van der Waals surface area contributed by atoms with Gasteiger partial charge in [0.05, 0.1) is 27.8 Å². The molecule has 2 aromatic rings. The van der Waals surface area contributed by atoms with Crippen LogP contribution < -0.4 is 0 Å². The molecular weight excluding hydrogens is 335 g/mol. The summed E-state index contributed by atoms with van der Waals surface area (Å²) in [6, 6.07) is 7.30. The molecule has 3 rings (SSSR count). The molecule has 1 aromatic carbocycles. The summed E-state index contributed by atoms with van der Waals surface area (Å²) in [7, 11) is 0. The fraction of sp³-hybridized carbons (Fsp3) is 0.154. The summed E-state index contributed by atoms with van der Waals surface area (Å²) < 4.78 is 5.21. The lowest BCUT2D eigenvalue weighted by atomic mass is 10.2. The minimum absolute atomic E-state index is 0.342. The van der Waals surface area contributed by atoms with Crippen molar-refractivity contribution in [2.75, 3.05) is 6.54 Å². The number of halogens is 3. The lowest BCUT2D eigenvalue weighted by Crippen LogP contribution is -2.22. The van der Waals surface area contributed by atoms with Crippen molar-refractivity contribution < 1.29 is 4.52 Å². The molecule has 108 valence electrons. The summed E-state index contributed by atoms with van der Waals surface area (Å²) in [5.74, 6) is 0.862. The molecule has 1 aromatic heterocycles. The van der Waals surface area contributed by atoms with Crippen molar-refractivity contribution >= 4 is 41.0 Å². The summed E-state index contributed by atoms with van der Waals surface area (Å²) in [4.78, 5) is 4.31. The molecule has 0 radical (unpaired) electrons. The highest BCUT2D eigenvalue weighted by molar-refractivity contribution is 6.46. The van der Waals surface area contributed by atoms with Crippen molar-refractivity contribution in [3.63, 3.8) is 0 Å². The molecule has 0 saturated heterocycles. The molecule has 0 amide bonds. The number of benzene rings is 1. The van der Waals surface area contributed by atoms with Gasteiger partial charge in [0, 0.05) is 5.56 Å². The highest BCUT2D eigenvalue weighted by Gasteiger charge is 2.17. The number of allylic oxidation sites excluding steroid dienone is 1. The predicted octanol–water partition coefficient (Wildman–Crippen LogP) is 3.88. The first-order valence-corrected chi connectivity index (χ1v) is 7.17. The standard InChI is InChI=1S/C13H9Cl3N4O/c14-9-4-2-1-3-8(9)13-18-12(21-19-13)7-20-6-11(16)10(15)5-17-20/h1-5H,6-7H2. The third-order valence-corrected chi connectivity index (χ3v) is 3.89. The van der Waals surface area contributed by atoms with Crippen molar-refractivity contribution in [1.29, 1.82) is 0 Å². The van der Waals surface area contributed by atoms with Crippen LogP contribution in [0.3, 0.4) is 0 Å². The van der Waals surface area contributed by atoms with E-state index in [1.54, 1.807) is 11.1 Å². The van der Waals surface area contributed by atoms with Gasteiger partial charge in [-0.05, 0) is 12.1 Å². The van der Waals surface area contributed by atoms with Crippen LogP contribution in [0.4, 0.5) is 0 Å². The molecule has 0 saturated carbocycles. The minimum atomic E-state index is 0.342. The number of rotatable bonds is 3. The second-order valence-corrected chi connectivity index (χ2v) is 5.58. The maximum Gasteiger partial charge on any atom is 0.248 e. The van der Waals surface area contributed by atoms with Gasteiger partial charge >= 0.3 is 0 Å². The fourth-order valence-corrected chi connectivity index (χ4v) is 2.31. The Hall–Kier alpha value is -1.56. The van der Waals surface area contributed by atoms with E-state index in [1.165, 1.54) is 6.21 Å². The molecule has 1 aliphatic heterocycles. The SMILES string of the molecule is ClC1=C(Cl)CN(Cc2nc(-c3ccccc3Cl)no2)N=C1. The summed E-state index contributed by atoms with van der Waals surface area (Å²) in [6.45, 7) is 0.745. The summed E-state index contributed by atoms with van der Waals surface area (Å²) in [6.07, 6.45) is 1.48. The third-order valence-electron chi connectivity index (χ3n) is 2.82. The summed E-state index contributed by atoms with van der Waals surface area (Å²) >= 11 is 17.9. The highest BCUT2D eigenvalue weighted by Crippen LogP contribution is 2.25. The second-order valence-electron chi connectivity index (χ2n) is 4.31. The predicted molar refractivity (Wildman–Crippen MR) is 82.4 cm³/mol. The second kappa shape index (κ2) is 6.05. The lowest BCUT2D eigenvalue weighted by molar-refractivity contribution is 0.253. The Morgan fingerprint density at radius 2 is 2.00 bits per heavy atom. The first-order chi connectivity index (χ1) is 10.1. The lowest BCUT2D eigenvalue weighted by Gasteiger charge is -2.19. The molecule has 2 heterocycles. The van der Waals surface area contributed by atoms with E-state index in [4.69, 9.17) is 39.3 Å². The van der Waals surface area contributed by atoms with Crippen LogP contribution in [0, 0.1) is 0 Å². The average Bonchev–Trinajstić information content (AvgIpc) is 2.92. The normalized spacial score (nSPS) is 14.9. The molecule has 8 heteroatoms. The first kappa shape index (κ1) is 14.4. The highest BCUT2D eigenvalue weighted by atomic mass is 35.5. The van der Waals surface area contributed by atoms with Gasteiger partial charge in [-0.15, -0.1) is 0 Å². The molecule has 0 spiro atoms. The zero-order valence-electron chi connectivity index (χ0n) is 10.6. The fourth-order valence-electron chi connectivity index (χ4n) is 1.80. The summed E-state index contributed by atoms with van der Waals surface area (Å²) in [5.41, 5.74) is 0.720. The quantitative estimate of drug-likeness (QED) is 0.848. The van der Waals surface area contributed by atoms with E-state index in [0.29, 0.717) is 39.9 Å². The van der Waals surface area contributed by atoms with E-state index in [2.05, 4.69) is 15.2 Å². The number of hydrogen-bond donors (Lipinski definition) is 0. The zero-order chi connectivity index (χ0) is 14.8. The van der Waals surface area contributed by atoms with Gasteiger partial charge in [-0.3, -0.25) is 5.01 Å². The summed E-state index contributed by atoms with van der Waals surface area (Å²) in [5, 5.41) is 11.3. The number of hydrogen-bond acceptors (Lipinski definition) is 5. The number of hydrazone groups is 1. The van der Waals surface area contributed by atoms with Crippen LogP contribution in [0.1, 0.15) is 5.89 Å².